The molecule has 154 valence electrons. The van der Waals surface area contributed by atoms with Crippen LogP contribution in [-0.4, -0.2) is 47.1 Å². The standard InChI is InChI=1S/C13H9N3O11S2/c17-11-4-9(28(22,23)24)5-12(29(25,26)27)13(11)14-6-7-1-2-8(15(18)19)3-10(7)16(20)21/h1-6,17H,(H,22,23,24)(H,25,26,27)/p-2. The lowest BCUT2D eigenvalue weighted by Gasteiger charge is -2.15. The molecule has 29 heavy (non-hydrogen) atoms. The van der Waals surface area contributed by atoms with Crippen LogP contribution >= 0.6 is 0 Å². The Hall–Kier alpha value is -3.47. The van der Waals surface area contributed by atoms with Crippen molar-refractivity contribution in [3.8, 4) is 5.75 Å². The first-order chi connectivity index (χ1) is 13.2. The molecule has 0 saturated heterocycles. The van der Waals surface area contributed by atoms with Gasteiger partial charge in [0.05, 0.1) is 31.3 Å². The quantitative estimate of drug-likeness (QED) is 0.282. The summed E-state index contributed by atoms with van der Waals surface area (Å²) in [5, 5.41) is 31.6. The average molecular weight is 445 g/mol. The summed E-state index contributed by atoms with van der Waals surface area (Å²) in [5.74, 6) is -1.18. The Balaban J connectivity index is 2.70. The third kappa shape index (κ3) is 4.88. The van der Waals surface area contributed by atoms with E-state index in [2.05, 4.69) is 4.99 Å². The maximum Gasteiger partial charge on any atom is 0.285 e. The molecular formula is C13H7N3O11S2-2. The van der Waals surface area contributed by atoms with Crippen molar-refractivity contribution in [2.24, 2.45) is 4.99 Å². The largest absolute Gasteiger partial charge is 0.744 e. The summed E-state index contributed by atoms with van der Waals surface area (Å²) in [6, 6.07) is 2.90. The summed E-state index contributed by atoms with van der Waals surface area (Å²) in [6.07, 6.45) is 0.622. The van der Waals surface area contributed by atoms with Crippen LogP contribution in [0.3, 0.4) is 0 Å². The number of aliphatic imine (C=N–C) groups is 1. The first kappa shape index (κ1) is 21.8. The number of hydrogen-bond acceptors (Lipinski definition) is 12. The maximum atomic E-state index is 11.4. The number of aromatic hydroxyl groups is 1. The zero-order valence-electron chi connectivity index (χ0n) is 13.7. The zero-order chi connectivity index (χ0) is 22.1. The van der Waals surface area contributed by atoms with Crippen LogP contribution < -0.4 is 0 Å². The maximum absolute atomic E-state index is 11.4. The minimum Gasteiger partial charge on any atom is -0.744 e. The number of non-ortho nitro benzene ring substituents is 1. The molecule has 0 aliphatic heterocycles. The molecule has 2 rings (SSSR count). The van der Waals surface area contributed by atoms with Gasteiger partial charge >= 0.3 is 0 Å². The molecule has 14 nitrogen and oxygen atoms in total. The van der Waals surface area contributed by atoms with Gasteiger partial charge in [-0.3, -0.25) is 25.2 Å². The summed E-state index contributed by atoms with van der Waals surface area (Å²) >= 11 is 0. The fourth-order valence-corrected chi connectivity index (χ4v) is 3.34. The molecule has 0 bridgehead atoms. The summed E-state index contributed by atoms with van der Waals surface area (Å²) in [7, 11) is -10.7. The van der Waals surface area contributed by atoms with E-state index >= 15 is 0 Å². The van der Waals surface area contributed by atoms with E-state index in [-0.39, 0.29) is 11.6 Å². The highest BCUT2D eigenvalue weighted by atomic mass is 32.2. The molecule has 0 aliphatic carbocycles. The van der Waals surface area contributed by atoms with Gasteiger partial charge in [-0.1, -0.05) is 0 Å². The van der Waals surface area contributed by atoms with E-state index in [9.17, 15) is 51.3 Å². The molecule has 0 saturated carbocycles. The Morgan fingerprint density at radius 2 is 1.55 bits per heavy atom. The predicted molar refractivity (Wildman–Crippen MR) is 91.0 cm³/mol. The van der Waals surface area contributed by atoms with Crippen LogP contribution in [0.5, 0.6) is 5.75 Å². The molecule has 2 aromatic carbocycles. The fourth-order valence-electron chi connectivity index (χ4n) is 2.08. The third-order valence-electron chi connectivity index (χ3n) is 3.34. The highest BCUT2D eigenvalue weighted by Gasteiger charge is 2.20. The summed E-state index contributed by atoms with van der Waals surface area (Å²) in [6.45, 7) is 0. The second kappa shape index (κ2) is 7.51. The van der Waals surface area contributed by atoms with E-state index in [0.717, 1.165) is 12.1 Å². The van der Waals surface area contributed by atoms with Crippen LogP contribution in [0.4, 0.5) is 17.1 Å². The van der Waals surface area contributed by atoms with Gasteiger partial charge in [-0.25, -0.2) is 16.8 Å². The Bertz CT molecular complexity index is 1270. The van der Waals surface area contributed by atoms with E-state index in [1.807, 2.05) is 0 Å². The van der Waals surface area contributed by atoms with Crippen molar-refractivity contribution in [2.75, 3.05) is 0 Å². The number of nitro groups is 2. The number of nitro benzene ring substituents is 2. The second-order valence-corrected chi connectivity index (χ2v) is 7.94. The molecule has 0 radical (unpaired) electrons. The van der Waals surface area contributed by atoms with Crippen LogP contribution in [0.25, 0.3) is 0 Å². The minimum atomic E-state index is -5.44. The van der Waals surface area contributed by atoms with Gasteiger partial charge in [0.1, 0.15) is 31.7 Å². The van der Waals surface area contributed by atoms with E-state index in [0.29, 0.717) is 18.3 Å². The Labute approximate surface area is 161 Å². The third-order valence-corrected chi connectivity index (χ3v) is 5.00. The van der Waals surface area contributed by atoms with Crippen molar-refractivity contribution < 1.29 is 40.9 Å². The number of rotatable bonds is 6. The number of hydrogen-bond donors (Lipinski definition) is 1. The zero-order valence-corrected chi connectivity index (χ0v) is 15.3. The van der Waals surface area contributed by atoms with Crippen LogP contribution in [0.1, 0.15) is 5.56 Å². The Morgan fingerprint density at radius 3 is 2.03 bits per heavy atom. The number of phenols is 1. The van der Waals surface area contributed by atoms with Gasteiger partial charge in [0.2, 0.25) is 0 Å². The van der Waals surface area contributed by atoms with Crippen LogP contribution in [-0.2, 0) is 20.2 Å². The smallest absolute Gasteiger partial charge is 0.285 e. The number of nitrogens with zero attached hydrogens (tertiary/aromatic N) is 3. The Morgan fingerprint density at radius 1 is 0.931 bits per heavy atom. The lowest BCUT2D eigenvalue weighted by molar-refractivity contribution is -0.394. The van der Waals surface area contributed by atoms with Crippen molar-refractivity contribution >= 4 is 43.5 Å². The molecule has 1 N–H and O–H groups in total. The molecule has 0 spiro atoms. The van der Waals surface area contributed by atoms with Crippen molar-refractivity contribution in [1.82, 2.24) is 0 Å². The van der Waals surface area contributed by atoms with E-state index in [1.54, 1.807) is 0 Å². The van der Waals surface area contributed by atoms with Gasteiger partial charge in [-0.15, -0.1) is 0 Å². The first-order valence-corrected chi connectivity index (χ1v) is 9.79. The van der Waals surface area contributed by atoms with E-state index in [4.69, 9.17) is 0 Å². The van der Waals surface area contributed by atoms with Gasteiger partial charge in [-0.05, 0) is 18.2 Å². The van der Waals surface area contributed by atoms with Crippen LogP contribution in [0.15, 0.2) is 45.1 Å². The first-order valence-electron chi connectivity index (χ1n) is 6.97. The highest BCUT2D eigenvalue weighted by molar-refractivity contribution is 7.86. The monoisotopic (exact) mass is 445 g/mol. The molecule has 16 heteroatoms. The molecule has 2 aromatic rings. The van der Waals surface area contributed by atoms with Gasteiger partial charge in [0.15, 0.2) is 0 Å². The topological polar surface area (TPSA) is 233 Å². The summed E-state index contributed by atoms with van der Waals surface area (Å²) in [5.41, 5.74) is -2.77. The van der Waals surface area contributed by atoms with Crippen molar-refractivity contribution in [2.45, 2.75) is 9.79 Å². The van der Waals surface area contributed by atoms with Gasteiger partial charge < -0.3 is 14.2 Å². The molecule has 0 unspecified atom stereocenters. The molecule has 0 aromatic heterocycles. The minimum absolute atomic E-state index is 0.182. The van der Waals surface area contributed by atoms with Crippen molar-refractivity contribution in [3.05, 3.63) is 56.1 Å². The molecule has 0 atom stereocenters. The molecular weight excluding hydrogens is 438 g/mol. The molecule has 0 heterocycles. The van der Waals surface area contributed by atoms with Gasteiger partial charge in [-0.2, -0.15) is 0 Å². The summed E-state index contributed by atoms with van der Waals surface area (Å²) < 4.78 is 67.2. The van der Waals surface area contributed by atoms with E-state index in [1.165, 1.54) is 0 Å². The fraction of sp³-hybridized carbons (Fsp3) is 0. The highest BCUT2D eigenvalue weighted by Crippen LogP contribution is 2.36. The molecule has 0 fully saturated rings. The van der Waals surface area contributed by atoms with E-state index < -0.39 is 62.7 Å². The SMILES string of the molecule is O=[N+]([O-])c1ccc(C=Nc2c(O)cc(S(=O)(=O)[O-])cc2S(=O)(=O)[O-])c([N+](=O)[O-])c1. The van der Waals surface area contributed by atoms with Crippen LogP contribution in [0, 0.1) is 20.2 Å². The number of phenolic OH excluding ortho intramolecular Hbond substituents is 1. The second-order valence-electron chi connectivity index (χ2n) is 5.21. The molecule has 0 amide bonds. The van der Waals surface area contributed by atoms with Crippen molar-refractivity contribution in [1.29, 1.82) is 0 Å². The lowest BCUT2D eigenvalue weighted by atomic mass is 10.1. The van der Waals surface area contributed by atoms with Crippen molar-refractivity contribution in [3.63, 3.8) is 0 Å². The van der Waals surface area contributed by atoms with Crippen LogP contribution in [0.2, 0.25) is 0 Å². The molecule has 0 aliphatic rings. The Kier molecular flexibility index (Phi) is 5.65. The summed E-state index contributed by atoms with van der Waals surface area (Å²) in [4.78, 5) is 20.8. The van der Waals surface area contributed by atoms with Gasteiger partial charge in [0.25, 0.3) is 11.4 Å². The van der Waals surface area contributed by atoms with Gasteiger partial charge in [0, 0.05) is 12.3 Å². The lowest BCUT2D eigenvalue weighted by Crippen LogP contribution is -2.04. The average Bonchev–Trinajstić information content (AvgIpc) is 2.58. The normalized spacial score (nSPS) is 12.2. The number of benzene rings is 2. The predicted octanol–water partition coefficient (Wildman–Crippen LogP) is 0.767.